The molecule has 0 heterocycles. The van der Waals surface area contributed by atoms with E-state index in [4.69, 9.17) is 5.11 Å². The molecule has 20 heavy (non-hydrogen) atoms. The molecular weight excluding hydrogens is 263 g/mol. The van der Waals surface area contributed by atoms with Crippen molar-refractivity contribution in [3.63, 3.8) is 0 Å². The summed E-state index contributed by atoms with van der Waals surface area (Å²) < 4.78 is 13.4. The van der Waals surface area contributed by atoms with Crippen LogP contribution in [0, 0.1) is 5.82 Å². The molecule has 0 atom stereocenters. The van der Waals surface area contributed by atoms with Gasteiger partial charge in [0.05, 0.1) is 6.42 Å². The van der Waals surface area contributed by atoms with E-state index < -0.39 is 18.3 Å². The predicted octanol–water partition coefficient (Wildman–Crippen LogP) is 0.277. The number of aliphatic hydroxyl groups excluding tert-OH is 1. The average molecular weight is 282 g/mol. The van der Waals surface area contributed by atoms with Crippen molar-refractivity contribution >= 4 is 11.8 Å². The predicted molar refractivity (Wildman–Crippen MR) is 72.5 cm³/mol. The molecular formula is C14H19FN2O3. The summed E-state index contributed by atoms with van der Waals surface area (Å²) in [6, 6.07) is 6.14. The van der Waals surface area contributed by atoms with E-state index >= 15 is 0 Å². The lowest BCUT2D eigenvalue weighted by molar-refractivity contribution is -0.135. The molecule has 0 radical (unpaired) electrons. The highest BCUT2D eigenvalue weighted by atomic mass is 19.1. The minimum atomic E-state index is -0.552. The van der Waals surface area contributed by atoms with Gasteiger partial charge in [-0.1, -0.05) is 18.2 Å². The molecule has 1 aromatic rings. The van der Waals surface area contributed by atoms with E-state index in [1.165, 1.54) is 15.9 Å². The van der Waals surface area contributed by atoms with Crippen LogP contribution in [0.4, 0.5) is 4.39 Å². The lowest BCUT2D eigenvalue weighted by Gasteiger charge is -2.22. The SMILES string of the molecule is CN(CCN(C)C(=O)Cc1ccccc1F)C(=O)CO. The van der Waals surface area contributed by atoms with Gasteiger partial charge < -0.3 is 14.9 Å². The highest BCUT2D eigenvalue weighted by molar-refractivity contribution is 5.79. The lowest BCUT2D eigenvalue weighted by Crippen LogP contribution is -2.38. The number of amides is 2. The van der Waals surface area contributed by atoms with Gasteiger partial charge in [-0.3, -0.25) is 9.59 Å². The Morgan fingerprint density at radius 2 is 1.65 bits per heavy atom. The van der Waals surface area contributed by atoms with Gasteiger partial charge in [0.25, 0.3) is 0 Å². The molecule has 6 heteroatoms. The van der Waals surface area contributed by atoms with Crippen LogP contribution in [-0.2, 0) is 16.0 Å². The number of benzene rings is 1. The monoisotopic (exact) mass is 282 g/mol. The first-order valence-electron chi connectivity index (χ1n) is 6.28. The van der Waals surface area contributed by atoms with Crippen molar-refractivity contribution in [2.45, 2.75) is 6.42 Å². The van der Waals surface area contributed by atoms with Crippen LogP contribution >= 0.6 is 0 Å². The van der Waals surface area contributed by atoms with Crippen molar-refractivity contribution in [3.05, 3.63) is 35.6 Å². The van der Waals surface area contributed by atoms with Gasteiger partial charge in [-0.05, 0) is 11.6 Å². The standard InChI is InChI=1S/C14H19FN2O3/c1-16(7-8-17(2)14(20)10-18)13(19)9-11-5-3-4-6-12(11)15/h3-6,18H,7-10H2,1-2H3. The van der Waals surface area contributed by atoms with Crippen LogP contribution in [0.5, 0.6) is 0 Å². The van der Waals surface area contributed by atoms with Crippen molar-refractivity contribution in [3.8, 4) is 0 Å². The number of hydrogen-bond acceptors (Lipinski definition) is 3. The molecule has 0 aliphatic rings. The third kappa shape index (κ3) is 4.62. The van der Waals surface area contributed by atoms with Crippen molar-refractivity contribution in [1.29, 1.82) is 0 Å². The Hall–Kier alpha value is -1.95. The van der Waals surface area contributed by atoms with Gasteiger partial charge in [-0.25, -0.2) is 4.39 Å². The van der Waals surface area contributed by atoms with Crippen LogP contribution in [0.1, 0.15) is 5.56 Å². The van der Waals surface area contributed by atoms with Gasteiger partial charge >= 0.3 is 0 Å². The number of aliphatic hydroxyl groups is 1. The summed E-state index contributed by atoms with van der Waals surface area (Å²) in [4.78, 5) is 25.9. The molecule has 1 rings (SSSR count). The van der Waals surface area contributed by atoms with E-state index in [0.29, 0.717) is 18.7 Å². The summed E-state index contributed by atoms with van der Waals surface area (Å²) >= 11 is 0. The van der Waals surface area contributed by atoms with Gasteiger partial charge in [0.2, 0.25) is 11.8 Å². The molecule has 1 N–H and O–H groups in total. The van der Waals surface area contributed by atoms with Gasteiger partial charge in [0, 0.05) is 27.2 Å². The fourth-order valence-electron chi connectivity index (χ4n) is 1.61. The van der Waals surface area contributed by atoms with E-state index in [9.17, 15) is 14.0 Å². The van der Waals surface area contributed by atoms with Crippen LogP contribution < -0.4 is 0 Å². The van der Waals surface area contributed by atoms with Crippen LogP contribution in [-0.4, -0.2) is 60.5 Å². The smallest absolute Gasteiger partial charge is 0.248 e. The highest BCUT2D eigenvalue weighted by Crippen LogP contribution is 2.08. The summed E-state index contributed by atoms with van der Waals surface area (Å²) in [5.41, 5.74) is 0.351. The van der Waals surface area contributed by atoms with Crippen molar-refractivity contribution in [2.75, 3.05) is 33.8 Å². The Balaban J connectivity index is 2.48. The molecule has 0 bridgehead atoms. The van der Waals surface area contributed by atoms with Gasteiger partial charge in [0.15, 0.2) is 0 Å². The molecule has 0 aliphatic carbocycles. The van der Waals surface area contributed by atoms with Crippen molar-refractivity contribution in [2.24, 2.45) is 0 Å². The number of rotatable bonds is 6. The average Bonchev–Trinajstić information content (AvgIpc) is 2.45. The van der Waals surface area contributed by atoms with Crippen molar-refractivity contribution < 1.29 is 19.1 Å². The minimum Gasteiger partial charge on any atom is -0.387 e. The summed E-state index contributed by atoms with van der Waals surface area (Å²) in [6.07, 6.45) is -0.0131. The number of likely N-dealkylation sites (N-methyl/N-ethyl adjacent to an activating group) is 2. The zero-order valence-electron chi connectivity index (χ0n) is 11.7. The molecule has 0 unspecified atom stereocenters. The Bertz CT molecular complexity index is 479. The van der Waals surface area contributed by atoms with Gasteiger partial charge in [0.1, 0.15) is 12.4 Å². The summed E-state index contributed by atoms with van der Waals surface area (Å²) in [5, 5.41) is 8.69. The fourth-order valence-corrected chi connectivity index (χ4v) is 1.61. The molecule has 0 aromatic heterocycles. The summed E-state index contributed by atoms with van der Waals surface area (Å²) in [6.45, 7) is 0.0951. The maximum absolute atomic E-state index is 13.4. The maximum atomic E-state index is 13.4. The normalized spacial score (nSPS) is 10.2. The second kappa shape index (κ2) is 7.59. The molecule has 110 valence electrons. The zero-order chi connectivity index (χ0) is 15.1. The Kier molecular flexibility index (Phi) is 6.11. The van der Waals surface area contributed by atoms with E-state index in [1.54, 1.807) is 32.3 Å². The first-order valence-corrected chi connectivity index (χ1v) is 6.28. The Morgan fingerprint density at radius 3 is 2.20 bits per heavy atom. The molecule has 2 amide bonds. The number of nitrogens with zero attached hydrogens (tertiary/aromatic N) is 2. The topological polar surface area (TPSA) is 60.9 Å². The van der Waals surface area contributed by atoms with E-state index in [2.05, 4.69) is 0 Å². The Labute approximate surface area is 117 Å². The molecule has 0 fully saturated rings. The fraction of sp³-hybridized carbons (Fsp3) is 0.429. The molecule has 0 aliphatic heterocycles. The van der Waals surface area contributed by atoms with E-state index in [1.807, 2.05) is 0 Å². The Morgan fingerprint density at radius 1 is 1.10 bits per heavy atom. The molecule has 0 saturated carbocycles. The van der Waals surface area contributed by atoms with Crippen LogP contribution in [0.25, 0.3) is 0 Å². The summed E-state index contributed by atoms with van der Waals surface area (Å²) in [7, 11) is 3.15. The first kappa shape index (κ1) is 16.1. The van der Waals surface area contributed by atoms with E-state index in [0.717, 1.165) is 0 Å². The van der Waals surface area contributed by atoms with Crippen LogP contribution in [0.3, 0.4) is 0 Å². The highest BCUT2D eigenvalue weighted by Gasteiger charge is 2.14. The minimum absolute atomic E-state index is 0.0131. The second-order valence-corrected chi connectivity index (χ2v) is 4.56. The number of hydrogen-bond donors (Lipinski definition) is 1. The van der Waals surface area contributed by atoms with Gasteiger partial charge in [-0.2, -0.15) is 0 Å². The lowest BCUT2D eigenvalue weighted by atomic mass is 10.1. The molecule has 1 aromatic carbocycles. The van der Waals surface area contributed by atoms with Crippen LogP contribution in [0.15, 0.2) is 24.3 Å². The van der Waals surface area contributed by atoms with Crippen LogP contribution in [0.2, 0.25) is 0 Å². The largest absolute Gasteiger partial charge is 0.387 e. The zero-order valence-corrected chi connectivity index (χ0v) is 11.7. The second-order valence-electron chi connectivity index (χ2n) is 4.56. The first-order chi connectivity index (χ1) is 9.45. The molecule has 0 saturated heterocycles. The number of carbonyl (C=O) groups excluding carboxylic acids is 2. The quantitative estimate of drug-likeness (QED) is 0.815. The van der Waals surface area contributed by atoms with Crippen molar-refractivity contribution in [1.82, 2.24) is 9.80 Å². The third-order valence-corrected chi connectivity index (χ3v) is 3.06. The van der Waals surface area contributed by atoms with Gasteiger partial charge in [-0.15, -0.1) is 0 Å². The summed E-state index contributed by atoms with van der Waals surface area (Å²) in [5.74, 6) is -1.03. The van der Waals surface area contributed by atoms with E-state index in [-0.39, 0.29) is 12.3 Å². The number of carbonyl (C=O) groups is 2. The third-order valence-electron chi connectivity index (χ3n) is 3.06. The molecule has 0 spiro atoms. The number of halogens is 1. The molecule has 5 nitrogen and oxygen atoms in total. The maximum Gasteiger partial charge on any atom is 0.248 e.